The molecule has 0 aliphatic heterocycles. The SMILES string of the molecule is CC.CC[C@H](NCCNC(=O)c1cc(C(=O)NCc2ccccc2)cc(N(C)S(C)(=O)=O)c1)C(=O)NC1CCC1.Cc1cscn1. The summed E-state index contributed by atoms with van der Waals surface area (Å²) in [5.74, 6) is -0.928. The van der Waals surface area contributed by atoms with Gasteiger partial charge in [0.2, 0.25) is 15.9 Å². The van der Waals surface area contributed by atoms with Gasteiger partial charge in [0.25, 0.3) is 11.8 Å². The van der Waals surface area contributed by atoms with Crippen LogP contribution in [0.1, 0.15) is 78.4 Å². The highest BCUT2D eigenvalue weighted by Crippen LogP contribution is 2.21. The van der Waals surface area contributed by atoms with Crippen molar-refractivity contribution >= 4 is 44.8 Å². The molecule has 4 N–H and O–H groups in total. The van der Waals surface area contributed by atoms with Crippen LogP contribution in [-0.2, 0) is 21.4 Å². The predicted octanol–water partition coefficient (Wildman–Crippen LogP) is 4.26. The number of amides is 3. The Hall–Kier alpha value is -3.81. The fraction of sp³-hybridized carbons (Fsp3) is 0.455. The van der Waals surface area contributed by atoms with Crippen LogP contribution in [0, 0.1) is 6.92 Å². The predicted molar refractivity (Wildman–Crippen MR) is 186 cm³/mol. The first-order valence-corrected chi connectivity index (χ1v) is 18.3. The van der Waals surface area contributed by atoms with Crippen molar-refractivity contribution in [2.75, 3.05) is 30.7 Å². The van der Waals surface area contributed by atoms with Crippen LogP contribution in [0.3, 0.4) is 0 Å². The molecule has 1 heterocycles. The van der Waals surface area contributed by atoms with Crippen molar-refractivity contribution in [3.63, 3.8) is 0 Å². The third kappa shape index (κ3) is 12.9. The van der Waals surface area contributed by atoms with Gasteiger partial charge in [0, 0.05) is 54.9 Å². The van der Waals surface area contributed by atoms with Crippen LogP contribution in [-0.4, -0.2) is 69.6 Å². The average molecular weight is 673 g/mol. The molecule has 0 saturated heterocycles. The Bertz CT molecular complexity index is 1480. The molecule has 11 nitrogen and oxygen atoms in total. The first-order valence-electron chi connectivity index (χ1n) is 15.6. The number of rotatable bonds is 13. The van der Waals surface area contributed by atoms with Crippen LogP contribution in [0.4, 0.5) is 5.69 Å². The molecule has 1 aromatic heterocycles. The van der Waals surface area contributed by atoms with Crippen LogP contribution < -0.4 is 25.6 Å². The molecule has 1 atom stereocenters. The van der Waals surface area contributed by atoms with Crippen molar-refractivity contribution in [2.24, 2.45) is 0 Å². The minimum Gasteiger partial charge on any atom is -0.352 e. The van der Waals surface area contributed by atoms with Gasteiger partial charge in [0.1, 0.15) is 0 Å². The summed E-state index contributed by atoms with van der Waals surface area (Å²) in [6, 6.07) is 13.6. The van der Waals surface area contributed by atoms with Gasteiger partial charge in [-0.1, -0.05) is 51.1 Å². The highest BCUT2D eigenvalue weighted by Gasteiger charge is 2.23. The van der Waals surface area contributed by atoms with Crippen LogP contribution in [0.25, 0.3) is 0 Å². The number of carbonyl (C=O) groups excluding carboxylic acids is 3. The minimum atomic E-state index is -3.62. The van der Waals surface area contributed by atoms with Crippen LogP contribution in [0.15, 0.2) is 59.4 Å². The second-order valence-corrected chi connectivity index (χ2v) is 13.3. The summed E-state index contributed by atoms with van der Waals surface area (Å²) in [4.78, 5) is 42.2. The normalized spacial score (nSPS) is 13.0. The summed E-state index contributed by atoms with van der Waals surface area (Å²) in [6.07, 6.45) is 4.83. The number of hydrogen-bond donors (Lipinski definition) is 4. The molecule has 1 saturated carbocycles. The zero-order valence-electron chi connectivity index (χ0n) is 27.6. The Balaban J connectivity index is 0.000000810. The van der Waals surface area contributed by atoms with E-state index in [1.54, 1.807) is 11.3 Å². The molecular weight excluding hydrogens is 625 g/mol. The number of aromatic nitrogens is 1. The average Bonchev–Trinajstić information content (AvgIpc) is 3.52. The molecule has 0 bridgehead atoms. The maximum atomic E-state index is 12.9. The van der Waals surface area contributed by atoms with E-state index in [1.165, 1.54) is 25.2 Å². The lowest BCUT2D eigenvalue weighted by Crippen LogP contribution is -2.50. The van der Waals surface area contributed by atoms with Gasteiger partial charge >= 0.3 is 0 Å². The van der Waals surface area contributed by atoms with E-state index in [0.717, 1.165) is 41.1 Å². The summed E-state index contributed by atoms with van der Waals surface area (Å²) < 4.78 is 25.3. The summed E-state index contributed by atoms with van der Waals surface area (Å²) in [5, 5.41) is 13.8. The van der Waals surface area contributed by atoms with E-state index in [9.17, 15) is 22.8 Å². The number of thiazole rings is 1. The number of benzene rings is 2. The zero-order chi connectivity index (χ0) is 34.1. The molecule has 3 aromatic rings. The fourth-order valence-electron chi connectivity index (χ4n) is 4.20. The summed E-state index contributed by atoms with van der Waals surface area (Å²) >= 11 is 1.63. The number of nitrogens with zero attached hydrogens (tertiary/aromatic N) is 2. The molecular formula is C33H48N6O5S2. The van der Waals surface area contributed by atoms with Crippen LogP contribution >= 0.6 is 11.3 Å². The highest BCUT2D eigenvalue weighted by atomic mass is 32.2. The molecule has 46 heavy (non-hydrogen) atoms. The van der Waals surface area contributed by atoms with Crippen LogP contribution in [0.2, 0.25) is 0 Å². The molecule has 1 aliphatic carbocycles. The maximum absolute atomic E-state index is 12.9. The third-order valence-electron chi connectivity index (χ3n) is 7.13. The lowest BCUT2D eigenvalue weighted by Gasteiger charge is -2.28. The van der Waals surface area contributed by atoms with Crippen LogP contribution in [0.5, 0.6) is 0 Å². The molecule has 0 spiro atoms. The zero-order valence-corrected chi connectivity index (χ0v) is 29.3. The van der Waals surface area contributed by atoms with Gasteiger partial charge in [-0.3, -0.25) is 23.7 Å². The van der Waals surface area contributed by atoms with Crippen molar-refractivity contribution < 1.29 is 22.8 Å². The van der Waals surface area contributed by atoms with Gasteiger partial charge in [-0.15, -0.1) is 11.3 Å². The Morgan fingerprint density at radius 2 is 1.63 bits per heavy atom. The molecule has 252 valence electrons. The quantitative estimate of drug-likeness (QED) is 0.198. The molecule has 2 aromatic carbocycles. The first kappa shape index (κ1) is 38.4. The molecule has 0 radical (unpaired) electrons. The Morgan fingerprint density at radius 1 is 1.00 bits per heavy atom. The number of anilines is 1. The van der Waals surface area contributed by atoms with Gasteiger partial charge in [-0.05, 0) is 56.4 Å². The summed E-state index contributed by atoms with van der Waals surface area (Å²) in [5.41, 5.74) is 4.35. The van der Waals surface area contributed by atoms with E-state index < -0.39 is 21.8 Å². The van der Waals surface area contributed by atoms with Gasteiger partial charge in [0.15, 0.2) is 0 Å². The minimum absolute atomic E-state index is 0.0359. The van der Waals surface area contributed by atoms with E-state index in [4.69, 9.17) is 0 Å². The number of sulfonamides is 1. The lowest BCUT2D eigenvalue weighted by atomic mass is 9.93. The second kappa shape index (κ2) is 19.6. The Labute approximate surface area is 277 Å². The van der Waals surface area contributed by atoms with E-state index >= 15 is 0 Å². The molecule has 13 heteroatoms. The van der Waals surface area contributed by atoms with Gasteiger partial charge in [0.05, 0.1) is 23.5 Å². The largest absolute Gasteiger partial charge is 0.352 e. The topological polar surface area (TPSA) is 150 Å². The van der Waals surface area contributed by atoms with Gasteiger partial charge in [-0.25, -0.2) is 8.42 Å². The number of hydrogen-bond acceptors (Lipinski definition) is 8. The van der Waals surface area contributed by atoms with Gasteiger partial charge in [-0.2, -0.15) is 0 Å². The second-order valence-electron chi connectivity index (χ2n) is 10.6. The van der Waals surface area contributed by atoms with E-state index in [2.05, 4.69) is 26.3 Å². The molecule has 4 rings (SSSR count). The van der Waals surface area contributed by atoms with Crippen molar-refractivity contribution in [1.82, 2.24) is 26.3 Å². The lowest BCUT2D eigenvalue weighted by molar-refractivity contribution is -0.124. The van der Waals surface area contributed by atoms with Crippen molar-refractivity contribution in [2.45, 2.75) is 72.0 Å². The third-order valence-corrected chi connectivity index (χ3v) is 9.04. The molecule has 1 fully saturated rings. The maximum Gasteiger partial charge on any atom is 0.251 e. The molecule has 0 unspecified atom stereocenters. The first-order chi connectivity index (χ1) is 22.0. The highest BCUT2D eigenvalue weighted by molar-refractivity contribution is 7.92. The number of nitrogens with one attached hydrogen (secondary N) is 4. The number of carbonyl (C=O) groups is 3. The van der Waals surface area contributed by atoms with Crippen molar-refractivity contribution in [3.8, 4) is 0 Å². The standard InChI is InChI=1S/C27H37N5O5S.C4H5NS.C2H6/c1-4-24(27(35)31-22-11-8-12-22)28-13-14-29-25(33)20-15-21(17-23(16-20)32(2)38(3,36)37)26(34)30-18-19-9-6-5-7-10-19;1-4-2-6-3-5-4;1-2/h5-7,9-10,15-17,22,24,28H,4,8,11-14,18H2,1-3H3,(H,29,33)(H,30,34)(H,31,35);2-3H,1H3;1-2H3/t24-;;/m0../s1. The Morgan fingerprint density at radius 3 is 2.11 bits per heavy atom. The monoisotopic (exact) mass is 672 g/mol. The van der Waals surface area contributed by atoms with Gasteiger partial charge < -0.3 is 21.3 Å². The Kier molecular flexibility index (Phi) is 16.4. The fourth-order valence-corrected chi connectivity index (χ4v) is 5.24. The summed E-state index contributed by atoms with van der Waals surface area (Å²) in [6.45, 7) is 8.80. The smallest absolute Gasteiger partial charge is 0.251 e. The molecule has 3 amide bonds. The van der Waals surface area contributed by atoms with E-state index in [-0.39, 0.29) is 47.9 Å². The summed E-state index contributed by atoms with van der Waals surface area (Å²) in [7, 11) is -2.26. The van der Waals surface area contributed by atoms with E-state index in [1.807, 2.05) is 68.9 Å². The number of aryl methyl sites for hydroxylation is 1. The van der Waals surface area contributed by atoms with Crippen molar-refractivity contribution in [1.29, 1.82) is 0 Å². The van der Waals surface area contributed by atoms with Crippen molar-refractivity contribution in [3.05, 3.63) is 81.8 Å². The molecule has 1 aliphatic rings. The van der Waals surface area contributed by atoms with E-state index in [0.29, 0.717) is 13.0 Å².